The Balaban J connectivity index is 0. The molecule has 0 saturated heterocycles. The highest BCUT2D eigenvalue weighted by Gasteiger charge is 2.25. The Morgan fingerprint density at radius 1 is 1.13 bits per heavy atom. The zero-order chi connectivity index (χ0) is 19.0. The van der Waals surface area contributed by atoms with E-state index in [1.165, 1.54) is 11.9 Å². The van der Waals surface area contributed by atoms with Crippen LogP contribution in [0.2, 0.25) is 0 Å². The van der Waals surface area contributed by atoms with E-state index in [-0.39, 0.29) is 11.3 Å². The molecule has 0 aliphatic rings. The number of hydrogen-bond donors (Lipinski definition) is 2. The summed E-state index contributed by atoms with van der Waals surface area (Å²) < 4.78 is 5.05. The van der Waals surface area contributed by atoms with Crippen molar-refractivity contribution >= 4 is 17.9 Å². The average Bonchev–Trinajstić information content (AvgIpc) is 2.33. The van der Waals surface area contributed by atoms with Crippen LogP contribution in [0.1, 0.15) is 54.9 Å². The van der Waals surface area contributed by atoms with Crippen LogP contribution in [0.25, 0.3) is 0 Å². The third-order valence-corrected chi connectivity index (χ3v) is 2.64. The first-order valence-electron chi connectivity index (χ1n) is 7.56. The van der Waals surface area contributed by atoms with Crippen molar-refractivity contribution in [3.05, 3.63) is 0 Å². The van der Waals surface area contributed by atoms with Crippen LogP contribution in [0.15, 0.2) is 0 Å². The zero-order valence-electron chi connectivity index (χ0n) is 15.9. The molecular weight excluding hydrogens is 298 g/mol. The molecule has 7 nitrogen and oxygen atoms in total. The van der Waals surface area contributed by atoms with Crippen LogP contribution in [0.4, 0.5) is 4.79 Å². The van der Waals surface area contributed by atoms with Gasteiger partial charge in [0, 0.05) is 20.5 Å². The van der Waals surface area contributed by atoms with Gasteiger partial charge in [0.2, 0.25) is 11.8 Å². The summed E-state index contributed by atoms with van der Waals surface area (Å²) >= 11 is 0. The average molecular weight is 331 g/mol. The van der Waals surface area contributed by atoms with E-state index in [4.69, 9.17) is 10.5 Å². The molecule has 3 amide bonds. The molecule has 0 radical (unpaired) electrons. The summed E-state index contributed by atoms with van der Waals surface area (Å²) in [4.78, 5) is 34.1. The second kappa shape index (κ2) is 9.37. The lowest BCUT2D eigenvalue weighted by Gasteiger charge is -2.27. The molecule has 1 atom stereocenters. The number of carbonyl (C=O) groups is 3. The van der Waals surface area contributed by atoms with Crippen molar-refractivity contribution in [1.29, 1.82) is 0 Å². The SMILES string of the molecule is CC(C(N)=O)N(C)C(=O)OC(C)(C)C.CNC(=O)CC(C)(C)C. The number of amides is 3. The van der Waals surface area contributed by atoms with Crippen LogP contribution in [0.3, 0.4) is 0 Å². The number of rotatable bonds is 3. The minimum atomic E-state index is -0.662. The molecule has 1 unspecified atom stereocenters. The topological polar surface area (TPSA) is 102 Å². The zero-order valence-corrected chi connectivity index (χ0v) is 15.9. The fourth-order valence-corrected chi connectivity index (χ4v) is 1.25. The van der Waals surface area contributed by atoms with Gasteiger partial charge < -0.3 is 15.8 Å². The van der Waals surface area contributed by atoms with Gasteiger partial charge in [-0.25, -0.2) is 4.79 Å². The highest BCUT2D eigenvalue weighted by molar-refractivity contribution is 5.83. The van der Waals surface area contributed by atoms with Crippen LogP contribution in [-0.4, -0.2) is 48.5 Å². The van der Waals surface area contributed by atoms with E-state index in [0.717, 1.165) is 0 Å². The Hall–Kier alpha value is -1.79. The molecule has 136 valence electrons. The maximum Gasteiger partial charge on any atom is 0.410 e. The Bertz CT molecular complexity index is 409. The highest BCUT2D eigenvalue weighted by atomic mass is 16.6. The number of nitrogens with two attached hydrogens (primary N) is 1. The van der Waals surface area contributed by atoms with Gasteiger partial charge in [0.15, 0.2) is 0 Å². The van der Waals surface area contributed by atoms with Gasteiger partial charge in [-0.15, -0.1) is 0 Å². The Kier molecular flexibility index (Phi) is 9.57. The summed E-state index contributed by atoms with van der Waals surface area (Å²) in [6, 6.07) is -0.662. The molecule has 0 aromatic heterocycles. The Morgan fingerprint density at radius 2 is 1.57 bits per heavy atom. The molecule has 7 heteroatoms. The van der Waals surface area contributed by atoms with Gasteiger partial charge in [-0.3, -0.25) is 14.5 Å². The first-order chi connectivity index (χ1) is 10.1. The van der Waals surface area contributed by atoms with Gasteiger partial charge in [0.25, 0.3) is 0 Å². The van der Waals surface area contributed by atoms with Gasteiger partial charge in [0.05, 0.1) is 0 Å². The van der Waals surface area contributed by atoms with Crippen molar-refractivity contribution in [3.8, 4) is 0 Å². The van der Waals surface area contributed by atoms with E-state index in [9.17, 15) is 14.4 Å². The number of likely N-dealkylation sites (N-methyl/N-ethyl adjacent to an activating group) is 1. The van der Waals surface area contributed by atoms with E-state index < -0.39 is 23.6 Å². The highest BCUT2D eigenvalue weighted by Crippen LogP contribution is 2.17. The number of nitrogens with one attached hydrogen (secondary N) is 1. The van der Waals surface area contributed by atoms with Crippen molar-refractivity contribution in [2.45, 2.75) is 66.5 Å². The summed E-state index contributed by atoms with van der Waals surface area (Å²) in [5.74, 6) is -0.444. The molecule has 0 rings (SSSR count). The van der Waals surface area contributed by atoms with E-state index in [0.29, 0.717) is 6.42 Å². The number of carbonyl (C=O) groups excluding carboxylic acids is 3. The second-order valence-electron chi connectivity index (χ2n) is 7.58. The number of primary amides is 1. The van der Waals surface area contributed by atoms with Crippen LogP contribution >= 0.6 is 0 Å². The Labute approximate surface area is 139 Å². The molecule has 0 aromatic carbocycles. The Morgan fingerprint density at radius 3 is 1.78 bits per heavy atom. The predicted molar refractivity (Wildman–Crippen MR) is 90.8 cm³/mol. The molecule has 0 heterocycles. The van der Waals surface area contributed by atoms with Crippen molar-refractivity contribution in [2.24, 2.45) is 11.1 Å². The molecular formula is C16H33N3O4. The number of ether oxygens (including phenoxy) is 1. The van der Waals surface area contributed by atoms with Crippen molar-refractivity contribution in [1.82, 2.24) is 10.2 Å². The minimum absolute atomic E-state index is 0.111. The summed E-state index contributed by atoms with van der Waals surface area (Å²) in [5.41, 5.74) is 4.59. The predicted octanol–water partition coefficient (Wildman–Crippen LogP) is 1.90. The van der Waals surface area contributed by atoms with Crippen LogP contribution < -0.4 is 11.1 Å². The molecule has 0 aliphatic carbocycles. The molecule has 3 N–H and O–H groups in total. The van der Waals surface area contributed by atoms with Gasteiger partial charge in [-0.2, -0.15) is 0 Å². The minimum Gasteiger partial charge on any atom is -0.444 e. The van der Waals surface area contributed by atoms with E-state index in [1.54, 1.807) is 34.7 Å². The first-order valence-corrected chi connectivity index (χ1v) is 7.56. The fourth-order valence-electron chi connectivity index (χ4n) is 1.25. The summed E-state index contributed by atoms with van der Waals surface area (Å²) in [6.45, 7) is 13.0. The van der Waals surface area contributed by atoms with Crippen molar-refractivity contribution in [3.63, 3.8) is 0 Å². The van der Waals surface area contributed by atoms with Gasteiger partial charge in [-0.1, -0.05) is 20.8 Å². The standard InChI is InChI=1S/C9H18N2O3.C7H15NO/c1-6(7(10)12)11(5)8(13)14-9(2,3)4;1-7(2,3)5-6(9)8-4/h6H,1-5H3,(H2,10,12);5H2,1-4H3,(H,8,9). The number of nitrogens with zero attached hydrogens (tertiary/aromatic N) is 1. The van der Waals surface area contributed by atoms with E-state index in [1.807, 2.05) is 20.8 Å². The van der Waals surface area contributed by atoms with Gasteiger partial charge in [-0.05, 0) is 33.1 Å². The lowest BCUT2D eigenvalue weighted by Crippen LogP contribution is -2.45. The maximum absolute atomic E-state index is 11.4. The number of hydrogen-bond acceptors (Lipinski definition) is 4. The summed E-state index contributed by atoms with van der Waals surface area (Å²) in [6.07, 6.45) is 0.0487. The molecule has 23 heavy (non-hydrogen) atoms. The second-order valence-corrected chi connectivity index (χ2v) is 7.58. The van der Waals surface area contributed by atoms with Crippen LogP contribution in [0, 0.1) is 5.41 Å². The van der Waals surface area contributed by atoms with Crippen molar-refractivity contribution in [2.75, 3.05) is 14.1 Å². The lowest BCUT2D eigenvalue weighted by atomic mass is 9.92. The normalized spacial score (nSPS) is 12.4. The van der Waals surface area contributed by atoms with Crippen LogP contribution in [0.5, 0.6) is 0 Å². The third-order valence-electron chi connectivity index (χ3n) is 2.64. The third kappa shape index (κ3) is 13.6. The summed E-state index contributed by atoms with van der Waals surface area (Å²) in [5, 5.41) is 2.58. The largest absolute Gasteiger partial charge is 0.444 e. The maximum atomic E-state index is 11.4. The smallest absolute Gasteiger partial charge is 0.410 e. The monoisotopic (exact) mass is 331 g/mol. The first kappa shape index (κ1) is 23.5. The van der Waals surface area contributed by atoms with Crippen LogP contribution in [-0.2, 0) is 14.3 Å². The van der Waals surface area contributed by atoms with Gasteiger partial charge >= 0.3 is 6.09 Å². The summed E-state index contributed by atoms with van der Waals surface area (Å²) in [7, 11) is 3.14. The molecule has 0 fully saturated rings. The van der Waals surface area contributed by atoms with Gasteiger partial charge in [0.1, 0.15) is 11.6 Å². The fraction of sp³-hybridized carbons (Fsp3) is 0.812. The molecule has 0 bridgehead atoms. The molecule has 0 aromatic rings. The molecule has 0 saturated carbocycles. The molecule has 0 spiro atoms. The van der Waals surface area contributed by atoms with E-state index in [2.05, 4.69) is 5.32 Å². The lowest BCUT2D eigenvalue weighted by molar-refractivity contribution is -0.123. The quantitative estimate of drug-likeness (QED) is 0.824. The molecule has 0 aliphatic heterocycles. The van der Waals surface area contributed by atoms with E-state index >= 15 is 0 Å². The van der Waals surface area contributed by atoms with Crippen molar-refractivity contribution < 1.29 is 19.1 Å².